The molecule has 0 aromatic heterocycles. The second-order valence-electron chi connectivity index (χ2n) is 4.85. The molecule has 5 heteroatoms. The summed E-state index contributed by atoms with van der Waals surface area (Å²) in [5.74, 6) is 0.0722. The van der Waals surface area contributed by atoms with Gasteiger partial charge in [0.15, 0.2) is 0 Å². The molecule has 1 aromatic carbocycles. The number of halogens is 1. The minimum absolute atomic E-state index is 0.0128. The van der Waals surface area contributed by atoms with E-state index in [4.69, 9.17) is 0 Å². The first-order chi connectivity index (χ1) is 9.72. The van der Waals surface area contributed by atoms with Crippen molar-refractivity contribution in [1.82, 2.24) is 5.32 Å². The van der Waals surface area contributed by atoms with Crippen LogP contribution in [-0.4, -0.2) is 36.5 Å². The standard InChI is InChI=1S/C15H21FN2OS/c1-2-18(14-6-4-3-5-13(14)16)15(19)11-20-12-7-9-17-10-8-12/h3-6,12,17H,2,7-11H2,1H3. The van der Waals surface area contributed by atoms with Crippen LogP contribution in [-0.2, 0) is 4.79 Å². The van der Waals surface area contributed by atoms with Gasteiger partial charge in [-0.25, -0.2) is 4.39 Å². The van der Waals surface area contributed by atoms with Crippen molar-refractivity contribution in [2.24, 2.45) is 0 Å². The molecule has 2 rings (SSSR count). The van der Waals surface area contributed by atoms with E-state index in [1.165, 1.54) is 11.0 Å². The fourth-order valence-electron chi connectivity index (χ4n) is 2.38. The third-order valence-electron chi connectivity index (χ3n) is 3.49. The van der Waals surface area contributed by atoms with E-state index in [1.807, 2.05) is 6.92 Å². The molecule has 0 aliphatic carbocycles. The summed E-state index contributed by atoms with van der Waals surface area (Å²) in [5, 5.41) is 3.85. The number of nitrogens with zero attached hydrogens (tertiary/aromatic N) is 1. The van der Waals surface area contributed by atoms with Gasteiger partial charge in [-0.05, 0) is 45.0 Å². The van der Waals surface area contributed by atoms with E-state index in [0.29, 0.717) is 23.2 Å². The fraction of sp³-hybridized carbons (Fsp3) is 0.533. The van der Waals surface area contributed by atoms with Gasteiger partial charge in [0.05, 0.1) is 11.4 Å². The van der Waals surface area contributed by atoms with Gasteiger partial charge in [-0.3, -0.25) is 4.79 Å². The normalized spacial score (nSPS) is 16.1. The number of thioether (sulfide) groups is 1. The lowest BCUT2D eigenvalue weighted by Gasteiger charge is -2.25. The smallest absolute Gasteiger partial charge is 0.237 e. The maximum absolute atomic E-state index is 13.8. The lowest BCUT2D eigenvalue weighted by atomic mass is 10.2. The highest BCUT2D eigenvalue weighted by atomic mass is 32.2. The third-order valence-corrected chi connectivity index (χ3v) is 4.85. The van der Waals surface area contributed by atoms with Crippen LogP contribution in [0, 0.1) is 5.82 Å². The first-order valence-electron chi connectivity index (χ1n) is 7.09. The van der Waals surface area contributed by atoms with E-state index in [9.17, 15) is 9.18 Å². The zero-order valence-electron chi connectivity index (χ0n) is 11.8. The van der Waals surface area contributed by atoms with E-state index in [0.717, 1.165) is 25.9 Å². The minimum atomic E-state index is -0.338. The summed E-state index contributed by atoms with van der Waals surface area (Å²) in [6.45, 7) is 4.42. The molecule has 0 saturated carbocycles. The topological polar surface area (TPSA) is 32.3 Å². The first kappa shape index (κ1) is 15.3. The maximum Gasteiger partial charge on any atom is 0.237 e. The first-order valence-corrected chi connectivity index (χ1v) is 8.14. The van der Waals surface area contributed by atoms with Crippen molar-refractivity contribution < 1.29 is 9.18 Å². The number of hydrogen-bond donors (Lipinski definition) is 1. The van der Waals surface area contributed by atoms with Crippen LogP contribution in [0.2, 0.25) is 0 Å². The highest BCUT2D eigenvalue weighted by molar-refractivity contribution is 8.00. The molecule has 1 fully saturated rings. The zero-order chi connectivity index (χ0) is 14.4. The molecule has 110 valence electrons. The van der Waals surface area contributed by atoms with Crippen molar-refractivity contribution in [3.05, 3.63) is 30.1 Å². The number of benzene rings is 1. The van der Waals surface area contributed by atoms with Crippen LogP contribution in [0.3, 0.4) is 0 Å². The Hall–Kier alpha value is -1.07. The van der Waals surface area contributed by atoms with Crippen LogP contribution >= 0.6 is 11.8 Å². The molecule has 1 aliphatic heterocycles. The Bertz CT molecular complexity index is 449. The molecule has 0 spiro atoms. The summed E-state index contributed by atoms with van der Waals surface area (Å²) < 4.78 is 13.8. The Morgan fingerprint density at radius 2 is 2.10 bits per heavy atom. The third kappa shape index (κ3) is 3.96. The largest absolute Gasteiger partial charge is 0.317 e. The number of hydrogen-bond acceptors (Lipinski definition) is 3. The summed E-state index contributed by atoms with van der Waals surface area (Å²) in [4.78, 5) is 13.8. The van der Waals surface area contributed by atoms with Crippen LogP contribution in [0.5, 0.6) is 0 Å². The molecule has 0 atom stereocenters. The predicted octanol–water partition coefficient (Wildman–Crippen LogP) is 2.66. The van der Waals surface area contributed by atoms with Crippen LogP contribution in [0.15, 0.2) is 24.3 Å². The quantitative estimate of drug-likeness (QED) is 0.906. The van der Waals surface area contributed by atoms with E-state index < -0.39 is 0 Å². The van der Waals surface area contributed by atoms with Crippen molar-refractivity contribution in [2.45, 2.75) is 25.0 Å². The lowest BCUT2D eigenvalue weighted by Crippen LogP contribution is -2.34. The molecule has 0 unspecified atom stereocenters. The Morgan fingerprint density at radius 3 is 2.75 bits per heavy atom. The van der Waals surface area contributed by atoms with Crippen LogP contribution in [0.4, 0.5) is 10.1 Å². The molecule has 1 N–H and O–H groups in total. The molecular formula is C15H21FN2OS. The highest BCUT2D eigenvalue weighted by Crippen LogP contribution is 2.23. The van der Waals surface area contributed by atoms with Gasteiger partial charge in [-0.2, -0.15) is 0 Å². The minimum Gasteiger partial charge on any atom is -0.317 e. The second kappa shape index (κ2) is 7.64. The molecular weight excluding hydrogens is 275 g/mol. The molecule has 0 bridgehead atoms. The van der Waals surface area contributed by atoms with Gasteiger partial charge < -0.3 is 10.2 Å². The molecule has 1 saturated heterocycles. The van der Waals surface area contributed by atoms with Gasteiger partial charge in [0.2, 0.25) is 5.91 Å². The van der Waals surface area contributed by atoms with Gasteiger partial charge in [0, 0.05) is 11.8 Å². The number of piperidine rings is 1. The van der Waals surface area contributed by atoms with Gasteiger partial charge in [-0.1, -0.05) is 12.1 Å². The molecule has 0 radical (unpaired) electrons. The Balaban J connectivity index is 1.93. The number of anilines is 1. The summed E-state index contributed by atoms with van der Waals surface area (Å²) >= 11 is 1.70. The van der Waals surface area contributed by atoms with Crippen LogP contribution < -0.4 is 10.2 Å². The van der Waals surface area contributed by atoms with Gasteiger partial charge in [0.25, 0.3) is 0 Å². The van der Waals surface area contributed by atoms with E-state index in [2.05, 4.69) is 5.32 Å². The monoisotopic (exact) mass is 296 g/mol. The molecule has 20 heavy (non-hydrogen) atoms. The lowest BCUT2D eigenvalue weighted by molar-refractivity contribution is -0.116. The summed E-state index contributed by atoms with van der Waals surface area (Å²) in [5.41, 5.74) is 0.380. The van der Waals surface area contributed by atoms with Gasteiger partial charge >= 0.3 is 0 Å². The van der Waals surface area contributed by atoms with Crippen LogP contribution in [0.25, 0.3) is 0 Å². The molecule has 1 amide bonds. The molecule has 1 aliphatic rings. The molecule has 1 heterocycles. The second-order valence-corrected chi connectivity index (χ2v) is 6.14. The van der Waals surface area contributed by atoms with Gasteiger partial charge in [-0.15, -0.1) is 11.8 Å². The van der Waals surface area contributed by atoms with E-state index in [1.54, 1.807) is 30.0 Å². The summed E-state index contributed by atoms with van der Waals surface area (Å²) in [6.07, 6.45) is 2.20. The number of amides is 1. The Morgan fingerprint density at radius 1 is 1.40 bits per heavy atom. The SMILES string of the molecule is CCN(C(=O)CSC1CCNCC1)c1ccccc1F. The van der Waals surface area contributed by atoms with E-state index >= 15 is 0 Å². The molecule has 1 aromatic rings. The number of nitrogens with one attached hydrogen (secondary N) is 1. The highest BCUT2D eigenvalue weighted by Gasteiger charge is 2.20. The van der Waals surface area contributed by atoms with E-state index in [-0.39, 0.29) is 11.7 Å². The van der Waals surface area contributed by atoms with Crippen LogP contribution in [0.1, 0.15) is 19.8 Å². The fourth-order valence-corrected chi connectivity index (χ4v) is 3.48. The van der Waals surface area contributed by atoms with Crippen molar-refractivity contribution in [1.29, 1.82) is 0 Å². The number of rotatable bonds is 5. The van der Waals surface area contributed by atoms with Crippen molar-refractivity contribution >= 4 is 23.4 Å². The van der Waals surface area contributed by atoms with Crippen molar-refractivity contribution in [3.8, 4) is 0 Å². The van der Waals surface area contributed by atoms with Gasteiger partial charge in [0.1, 0.15) is 5.82 Å². The van der Waals surface area contributed by atoms with Crippen molar-refractivity contribution in [3.63, 3.8) is 0 Å². The average Bonchev–Trinajstić information content (AvgIpc) is 2.49. The number of para-hydroxylation sites is 1. The number of carbonyl (C=O) groups excluding carboxylic acids is 1. The molecule has 3 nitrogen and oxygen atoms in total. The average molecular weight is 296 g/mol. The maximum atomic E-state index is 13.8. The number of carbonyl (C=O) groups is 1. The predicted molar refractivity (Wildman–Crippen MR) is 82.8 cm³/mol. The summed E-state index contributed by atoms with van der Waals surface area (Å²) in [6, 6.07) is 6.45. The Labute approximate surface area is 123 Å². The Kier molecular flexibility index (Phi) is 5.86. The zero-order valence-corrected chi connectivity index (χ0v) is 12.6. The summed E-state index contributed by atoms with van der Waals surface area (Å²) in [7, 11) is 0. The van der Waals surface area contributed by atoms with Crippen molar-refractivity contribution in [2.75, 3.05) is 30.3 Å².